The van der Waals surface area contributed by atoms with Crippen LogP contribution < -0.4 is 5.32 Å². The Morgan fingerprint density at radius 1 is 1.38 bits per heavy atom. The molecule has 0 aliphatic carbocycles. The number of hydrogen-bond acceptors (Lipinski definition) is 3. The topological polar surface area (TPSA) is 35.5 Å². The second-order valence-corrected chi connectivity index (χ2v) is 3.06. The first-order chi connectivity index (χ1) is 6.35. The van der Waals surface area contributed by atoms with Gasteiger partial charge in [-0.1, -0.05) is 13.0 Å². The number of rotatable bonds is 9. The molecule has 0 aromatic rings. The van der Waals surface area contributed by atoms with Crippen LogP contribution >= 0.6 is 0 Å². The van der Waals surface area contributed by atoms with Crippen LogP contribution in [0.15, 0.2) is 12.7 Å². The number of hydrogen-bond donors (Lipinski definition) is 2. The van der Waals surface area contributed by atoms with Gasteiger partial charge in [-0.05, 0) is 13.0 Å². The summed E-state index contributed by atoms with van der Waals surface area (Å²) in [6.45, 7) is 10.7. The SMILES string of the molecule is C=CCN(CCO)CCNCCC. The summed E-state index contributed by atoms with van der Waals surface area (Å²) < 4.78 is 0. The second-order valence-electron chi connectivity index (χ2n) is 3.06. The van der Waals surface area contributed by atoms with Crippen LogP contribution in [0.5, 0.6) is 0 Å². The summed E-state index contributed by atoms with van der Waals surface area (Å²) in [6, 6.07) is 0. The normalized spacial score (nSPS) is 10.7. The van der Waals surface area contributed by atoms with Crippen LogP contribution in [0.25, 0.3) is 0 Å². The van der Waals surface area contributed by atoms with Gasteiger partial charge in [-0.15, -0.1) is 6.58 Å². The minimum Gasteiger partial charge on any atom is -0.395 e. The summed E-state index contributed by atoms with van der Waals surface area (Å²) in [7, 11) is 0. The van der Waals surface area contributed by atoms with Crippen molar-refractivity contribution in [1.29, 1.82) is 0 Å². The van der Waals surface area contributed by atoms with Crippen molar-refractivity contribution < 1.29 is 5.11 Å². The Bertz CT molecular complexity index is 117. The van der Waals surface area contributed by atoms with Crippen LogP contribution in [-0.2, 0) is 0 Å². The van der Waals surface area contributed by atoms with Crippen LogP contribution in [0.4, 0.5) is 0 Å². The highest BCUT2D eigenvalue weighted by Gasteiger charge is 1.99. The van der Waals surface area contributed by atoms with E-state index in [2.05, 4.69) is 23.7 Å². The van der Waals surface area contributed by atoms with Crippen LogP contribution in [0.2, 0.25) is 0 Å². The van der Waals surface area contributed by atoms with Gasteiger partial charge in [0.2, 0.25) is 0 Å². The standard InChI is InChI=1S/C10H22N2O/c1-3-5-11-6-8-12(7-4-2)9-10-13/h4,11,13H,2-3,5-10H2,1H3. The highest BCUT2D eigenvalue weighted by atomic mass is 16.3. The van der Waals surface area contributed by atoms with Crippen molar-refractivity contribution in [3.05, 3.63) is 12.7 Å². The average Bonchev–Trinajstić information content (AvgIpc) is 2.13. The molecule has 0 aromatic carbocycles. The molecule has 2 N–H and O–H groups in total. The fourth-order valence-electron chi connectivity index (χ4n) is 1.16. The van der Waals surface area contributed by atoms with Crippen molar-refractivity contribution in [3.8, 4) is 0 Å². The van der Waals surface area contributed by atoms with Crippen LogP contribution in [0, 0.1) is 0 Å². The van der Waals surface area contributed by atoms with Crippen molar-refractivity contribution in [3.63, 3.8) is 0 Å². The largest absolute Gasteiger partial charge is 0.395 e. The molecule has 0 aliphatic rings. The number of aliphatic hydroxyl groups is 1. The lowest BCUT2D eigenvalue weighted by atomic mass is 10.4. The molecular weight excluding hydrogens is 164 g/mol. The third kappa shape index (κ3) is 7.96. The molecule has 3 nitrogen and oxygen atoms in total. The second kappa shape index (κ2) is 9.71. The van der Waals surface area contributed by atoms with Crippen LogP contribution in [-0.4, -0.2) is 49.3 Å². The van der Waals surface area contributed by atoms with Gasteiger partial charge in [0, 0.05) is 26.2 Å². The number of aliphatic hydroxyl groups excluding tert-OH is 1. The van der Waals surface area contributed by atoms with E-state index < -0.39 is 0 Å². The van der Waals surface area contributed by atoms with Gasteiger partial charge < -0.3 is 10.4 Å². The highest BCUT2D eigenvalue weighted by Crippen LogP contribution is 1.86. The molecule has 13 heavy (non-hydrogen) atoms. The molecule has 0 fully saturated rings. The van der Waals surface area contributed by atoms with Crippen molar-refractivity contribution in [2.45, 2.75) is 13.3 Å². The fourth-order valence-corrected chi connectivity index (χ4v) is 1.16. The molecule has 0 atom stereocenters. The first-order valence-electron chi connectivity index (χ1n) is 5.00. The van der Waals surface area contributed by atoms with Crippen molar-refractivity contribution >= 4 is 0 Å². The number of nitrogens with one attached hydrogen (secondary N) is 1. The maximum absolute atomic E-state index is 8.77. The van der Waals surface area contributed by atoms with Gasteiger partial charge in [-0.3, -0.25) is 4.90 Å². The average molecular weight is 186 g/mol. The summed E-state index contributed by atoms with van der Waals surface area (Å²) in [5.74, 6) is 0. The summed E-state index contributed by atoms with van der Waals surface area (Å²) in [6.07, 6.45) is 3.04. The predicted octanol–water partition coefficient (Wildman–Crippen LogP) is 0.466. The van der Waals surface area contributed by atoms with E-state index in [1.807, 2.05) is 6.08 Å². The summed E-state index contributed by atoms with van der Waals surface area (Å²) in [4.78, 5) is 2.18. The van der Waals surface area contributed by atoms with E-state index in [0.717, 1.165) is 32.7 Å². The Morgan fingerprint density at radius 2 is 2.15 bits per heavy atom. The Balaban J connectivity index is 3.38. The quantitative estimate of drug-likeness (QED) is 0.406. The molecule has 3 heteroatoms. The lowest BCUT2D eigenvalue weighted by Crippen LogP contribution is -2.34. The first-order valence-corrected chi connectivity index (χ1v) is 5.00. The molecule has 0 saturated carbocycles. The molecule has 0 heterocycles. The van der Waals surface area contributed by atoms with Crippen LogP contribution in [0.3, 0.4) is 0 Å². The molecule has 0 spiro atoms. The molecule has 0 unspecified atom stereocenters. The van der Waals surface area contributed by atoms with Gasteiger partial charge in [0.05, 0.1) is 6.61 Å². The molecule has 0 saturated heterocycles. The van der Waals surface area contributed by atoms with Crippen molar-refractivity contribution in [2.75, 3.05) is 39.3 Å². The number of nitrogens with zero attached hydrogens (tertiary/aromatic N) is 1. The smallest absolute Gasteiger partial charge is 0.0558 e. The Kier molecular flexibility index (Phi) is 9.42. The van der Waals surface area contributed by atoms with E-state index >= 15 is 0 Å². The predicted molar refractivity (Wildman–Crippen MR) is 56.9 cm³/mol. The van der Waals surface area contributed by atoms with Crippen molar-refractivity contribution in [1.82, 2.24) is 10.2 Å². The zero-order chi connectivity index (χ0) is 9.94. The van der Waals surface area contributed by atoms with Crippen molar-refractivity contribution in [2.24, 2.45) is 0 Å². The third-order valence-electron chi connectivity index (χ3n) is 1.84. The van der Waals surface area contributed by atoms with Gasteiger partial charge >= 0.3 is 0 Å². The van der Waals surface area contributed by atoms with Gasteiger partial charge in [0.15, 0.2) is 0 Å². The van der Waals surface area contributed by atoms with E-state index in [4.69, 9.17) is 5.11 Å². The lowest BCUT2D eigenvalue weighted by molar-refractivity contribution is 0.209. The fraction of sp³-hybridized carbons (Fsp3) is 0.800. The summed E-state index contributed by atoms with van der Waals surface area (Å²) in [5.41, 5.74) is 0. The van der Waals surface area contributed by atoms with Gasteiger partial charge in [0.25, 0.3) is 0 Å². The van der Waals surface area contributed by atoms with E-state index in [-0.39, 0.29) is 6.61 Å². The zero-order valence-corrected chi connectivity index (χ0v) is 8.63. The molecule has 0 radical (unpaired) electrons. The third-order valence-corrected chi connectivity index (χ3v) is 1.84. The van der Waals surface area contributed by atoms with E-state index in [9.17, 15) is 0 Å². The van der Waals surface area contributed by atoms with Gasteiger partial charge in [-0.25, -0.2) is 0 Å². The molecule has 0 aromatic heterocycles. The van der Waals surface area contributed by atoms with E-state index in [1.54, 1.807) is 0 Å². The first kappa shape index (κ1) is 12.6. The molecule has 78 valence electrons. The minimum absolute atomic E-state index is 0.224. The zero-order valence-electron chi connectivity index (χ0n) is 8.63. The van der Waals surface area contributed by atoms with E-state index in [0.29, 0.717) is 0 Å². The summed E-state index contributed by atoms with van der Waals surface area (Å²) in [5, 5.41) is 12.1. The minimum atomic E-state index is 0.224. The Hall–Kier alpha value is -0.380. The highest BCUT2D eigenvalue weighted by molar-refractivity contribution is 4.73. The maximum Gasteiger partial charge on any atom is 0.0558 e. The summed E-state index contributed by atoms with van der Waals surface area (Å²) >= 11 is 0. The molecule has 0 aliphatic heterocycles. The maximum atomic E-state index is 8.77. The Morgan fingerprint density at radius 3 is 2.69 bits per heavy atom. The van der Waals surface area contributed by atoms with Crippen LogP contribution in [0.1, 0.15) is 13.3 Å². The van der Waals surface area contributed by atoms with E-state index in [1.165, 1.54) is 6.42 Å². The Labute approximate surface area is 81.4 Å². The van der Waals surface area contributed by atoms with Gasteiger partial charge in [0.1, 0.15) is 0 Å². The molecule has 0 amide bonds. The molecule has 0 bridgehead atoms. The monoisotopic (exact) mass is 186 g/mol. The molecular formula is C10H22N2O. The lowest BCUT2D eigenvalue weighted by Gasteiger charge is -2.19. The van der Waals surface area contributed by atoms with Gasteiger partial charge in [-0.2, -0.15) is 0 Å². The molecule has 0 rings (SSSR count).